The minimum absolute atomic E-state index is 0.245. The molecule has 8 rings (SSSR count). The van der Waals surface area contributed by atoms with Crippen molar-refractivity contribution in [2.75, 3.05) is 52.6 Å². The van der Waals surface area contributed by atoms with Gasteiger partial charge in [0, 0.05) is 52.6 Å². The van der Waals surface area contributed by atoms with Crippen molar-refractivity contribution in [2.24, 2.45) is 22.9 Å². The maximum atomic E-state index is 7.71. The molecule has 0 spiro atoms. The minimum atomic E-state index is -0.313. The van der Waals surface area contributed by atoms with Crippen LogP contribution in [0.25, 0.3) is 0 Å². The Morgan fingerprint density at radius 3 is 0.867 bits per heavy atom. The molecule has 75 heavy (non-hydrogen) atoms. The molecular weight excluding hydrogens is 924 g/mol. The molecule has 2 unspecified atom stereocenters. The van der Waals surface area contributed by atoms with Gasteiger partial charge in [-0.2, -0.15) is 0 Å². The van der Waals surface area contributed by atoms with Crippen molar-refractivity contribution in [3.63, 3.8) is 0 Å². The number of ether oxygens (including phenoxy) is 1. The summed E-state index contributed by atoms with van der Waals surface area (Å²) in [6.45, 7) is 2.32. The third-order valence-electron chi connectivity index (χ3n) is 13.5. The van der Waals surface area contributed by atoms with Crippen LogP contribution in [0, 0.1) is 0 Å². The van der Waals surface area contributed by atoms with Gasteiger partial charge in [0.15, 0.2) is 0 Å². The van der Waals surface area contributed by atoms with E-state index in [4.69, 9.17) is 46.3 Å². The fourth-order valence-corrected chi connectivity index (χ4v) is 9.99. The van der Waals surface area contributed by atoms with Crippen molar-refractivity contribution in [3.05, 3.63) is 241 Å². The molecule has 380 valence electrons. The number of hydrogen-bond donors (Lipinski definition) is 4. The van der Waals surface area contributed by atoms with E-state index in [0.29, 0.717) is 78.3 Å². The summed E-state index contributed by atoms with van der Waals surface area (Å²) in [5.41, 5.74) is 37.3. The predicted molar refractivity (Wildman–Crippen MR) is 315 cm³/mol. The first-order valence-corrected chi connectivity index (χ1v) is 26.5. The van der Waals surface area contributed by atoms with Gasteiger partial charge in [-0.05, 0) is 91.6 Å². The lowest BCUT2D eigenvalue weighted by Crippen LogP contribution is -2.48. The molecule has 0 amide bonds. The first-order valence-electron chi connectivity index (χ1n) is 26.5. The molecule has 9 nitrogen and oxygen atoms in total. The molecule has 0 bridgehead atoms. The Bertz CT molecular complexity index is 2660. The van der Waals surface area contributed by atoms with Gasteiger partial charge < -0.3 is 46.3 Å². The van der Waals surface area contributed by atoms with Crippen LogP contribution in [0.4, 0.5) is 0 Å². The summed E-state index contributed by atoms with van der Waals surface area (Å²) in [4.78, 5) is 0. The van der Waals surface area contributed by atoms with Crippen molar-refractivity contribution in [1.29, 1.82) is 0 Å². The first-order chi connectivity index (χ1) is 37.0. The second-order valence-corrected chi connectivity index (χ2v) is 18.9. The van der Waals surface area contributed by atoms with Crippen LogP contribution < -0.4 is 66.6 Å². The van der Waals surface area contributed by atoms with Crippen molar-refractivity contribution >= 4 is 71.4 Å². The Labute approximate surface area is 446 Å². The highest BCUT2D eigenvalue weighted by Gasteiger charge is 2.30. The number of benzene rings is 8. The van der Waals surface area contributed by atoms with Crippen molar-refractivity contribution in [1.82, 2.24) is 0 Å². The topological polar surface area (TPSA) is 150 Å². The summed E-state index contributed by atoms with van der Waals surface area (Å²) >= 11 is 0. The summed E-state index contributed by atoms with van der Waals surface area (Å²) in [7, 11) is 0. The Morgan fingerprint density at radius 2 is 0.547 bits per heavy atom. The van der Waals surface area contributed by atoms with Gasteiger partial charge in [-0.15, -0.1) is 0 Å². The molecule has 0 saturated carbocycles. The molecule has 0 heterocycles. The fraction of sp³-hybridized carbons (Fsp3) is 0.226. The zero-order chi connectivity index (χ0) is 51.9. The van der Waals surface area contributed by atoms with Gasteiger partial charge in [0.2, 0.25) is 0 Å². The zero-order valence-corrected chi connectivity index (χ0v) is 43.1. The number of hydrogen-bond acceptors (Lipinski definition) is 9. The van der Waals surface area contributed by atoms with Gasteiger partial charge in [0.1, 0.15) is 0 Å². The van der Waals surface area contributed by atoms with Crippen LogP contribution in [0.2, 0.25) is 0 Å². The minimum Gasteiger partial charge on any atom is -0.426 e. The van der Waals surface area contributed by atoms with Gasteiger partial charge in [0.25, 0.3) is 0 Å². The normalized spacial score (nSPS) is 12.0. The van der Waals surface area contributed by atoms with E-state index in [2.05, 4.69) is 170 Å². The zero-order valence-electron chi connectivity index (χ0n) is 43.1. The Balaban J connectivity index is 1.19. The van der Waals surface area contributed by atoms with Crippen LogP contribution in [0.3, 0.4) is 0 Å². The molecule has 0 aliphatic rings. The van der Waals surface area contributed by atoms with E-state index in [-0.39, 0.29) is 39.9 Å². The first kappa shape index (κ1) is 54.9. The van der Waals surface area contributed by atoms with E-state index in [0.717, 1.165) is 66.0 Å². The average molecular weight is 995 g/mol. The van der Waals surface area contributed by atoms with Crippen LogP contribution in [-0.4, -0.2) is 92.5 Å². The highest BCUT2D eigenvalue weighted by Crippen LogP contribution is 2.20. The van der Waals surface area contributed by atoms with Crippen molar-refractivity contribution in [2.45, 2.75) is 37.9 Å². The highest BCUT2D eigenvalue weighted by molar-refractivity contribution is 6.81. The van der Waals surface area contributed by atoms with Gasteiger partial charge in [-0.1, -0.05) is 218 Å². The predicted octanol–water partition coefficient (Wildman–Crippen LogP) is 3.04. The summed E-state index contributed by atoms with van der Waals surface area (Å²) in [6, 6.07) is 76.2. The Hall–Kier alpha value is -6.34. The Kier molecular flexibility index (Phi) is 21.7. The fourth-order valence-electron chi connectivity index (χ4n) is 9.99. The molecule has 2 atom stereocenters. The molecule has 8 aromatic rings. The number of nitrogens with two attached hydrogens (primary N) is 4. The number of rotatable bonds is 30. The van der Waals surface area contributed by atoms with Crippen LogP contribution in [-0.2, 0) is 49.0 Å². The van der Waals surface area contributed by atoms with Gasteiger partial charge in [-0.25, -0.2) is 0 Å². The highest BCUT2D eigenvalue weighted by atomic mass is 16.5. The third kappa shape index (κ3) is 15.8. The maximum Gasteiger partial charge on any atom is 0.361 e. The van der Waals surface area contributed by atoms with Crippen molar-refractivity contribution in [3.8, 4) is 0 Å². The largest absolute Gasteiger partial charge is 0.426 e. The molecule has 0 aromatic heterocycles. The van der Waals surface area contributed by atoms with E-state index in [1.54, 1.807) is 0 Å². The standard InChI is InChI=1S/C62H70B4N4O5/c67-37-41-71-63(53-19-5-1-6-20-53)57-33-29-49(30-34-57)45-59(47-51-17-13-15-27-61(51)65(73-43-39-69)55-23-9-3-10-24-55)75-60(46-50-31-35-58(36-32-50)64(72-42-38-68)54-21-7-2-8-22-54)48-52-18-14-16-28-62(52)66(74-44-40-70)56-25-11-4-12-26-56/h1-36,59-60H,37-48,67-70H2. The molecule has 0 aliphatic carbocycles. The van der Waals surface area contributed by atoms with E-state index < -0.39 is 0 Å². The van der Waals surface area contributed by atoms with E-state index in [1.807, 2.05) is 48.5 Å². The maximum absolute atomic E-state index is 7.71. The van der Waals surface area contributed by atoms with Gasteiger partial charge >= 0.3 is 27.7 Å². The molecule has 13 heteroatoms. The molecular formula is C62H70B4N4O5. The van der Waals surface area contributed by atoms with Gasteiger partial charge in [0.05, 0.1) is 12.2 Å². The summed E-state index contributed by atoms with van der Waals surface area (Å²) < 4.78 is 33.6. The average Bonchev–Trinajstić information content (AvgIpc) is 3.46. The smallest absolute Gasteiger partial charge is 0.361 e. The quantitative estimate of drug-likeness (QED) is 0.0500. The van der Waals surface area contributed by atoms with E-state index in [1.165, 1.54) is 0 Å². The van der Waals surface area contributed by atoms with Crippen LogP contribution >= 0.6 is 0 Å². The molecule has 0 saturated heterocycles. The van der Waals surface area contributed by atoms with E-state index >= 15 is 0 Å². The second kappa shape index (κ2) is 29.7. The summed E-state index contributed by atoms with van der Waals surface area (Å²) in [6.07, 6.45) is 2.02. The third-order valence-corrected chi connectivity index (χ3v) is 13.5. The monoisotopic (exact) mass is 995 g/mol. The lowest BCUT2D eigenvalue weighted by Gasteiger charge is -2.29. The van der Waals surface area contributed by atoms with Gasteiger partial charge in [-0.3, -0.25) is 0 Å². The molecule has 0 fully saturated rings. The lowest BCUT2D eigenvalue weighted by atomic mass is 9.53. The molecule has 8 N–H and O–H groups in total. The van der Waals surface area contributed by atoms with Crippen molar-refractivity contribution < 1.29 is 23.4 Å². The Morgan fingerprint density at radius 1 is 0.280 bits per heavy atom. The summed E-state index contributed by atoms with van der Waals surface area (Å²) in [5.74, 6) is 0. The van der Waals surface area contributed by atoms with Crippen LogP contribution in [0.1, 0.15) is 22.3 Å². The van der Waals surface area contributed by atoms with Crippen LogP contribution in [0.5, 0.6) is 0 Å². The van der Waals surface area contributed by atoms with Crippen LogP contribution in [0.15, 0.2) is 218 Å². The summed E-state index contributed by atoms with van der Waals surface area (Å²) in [5, 5.41) is 0. The second-order valence-electron chi connectivity index (χ2n) is 18.9. The SMILES string of the molecule is NCCOB(c1ccccc1)c1ccc(CC(Cc2ccccc2B(OCCN)c2ccccc2)OC(Cc2ccc(B(OCCN)c3ccccc3)cc2)Cc2ccccc2B(OCCN)c2ccccc2)cc1. The molecule has 0 radical (unpaired) electrons. The molecule has 8 aromatic carbocycles. The van der Waals surface area contributed by atoms with E-state index in [9.17, 15) is 0 Å². The molecule has 0 aliphatic heterocycles. The lowest BCUT2D eigenvalue weighted by molar-refractivity contribution is -0.0103.